The van der Waals surface area contributed by atoms with Crippen LogP contribution in [0.5, 0.6) is 0 Å². The Morgan fingerprint density at radius 1 is 1.21 bits per heavy atom. The lowest BCUT2D eigenvalue weighted by Gasteiger charge is -2.03. The summed E-state index contributed by atoms with van der Waals surface area (Å²) in [6.07, 6.45) is 1.84. The summed E-state index contributed by atoms with van der Waals surface area (Å²) < 4.78 is 1.81. The van der Waals surface area contributed by atoms with Crippen molar-refractivity contribution in [2.45, 2.75) is 6.54 Å². The molecule has 4 rings (SSSR count). The molecule has 1 amide bonds. The van der Waals surface area contributed by atoms with Gasteiger partial charge in [-0.3, -0.25) is 9.20 Å². The van der Waals surface area contributed by atoms with Crippen LogP contribution in [0.4, 0.5) is 0 Å². The first-order chi connectivity index (χ1) is 11.6. The summed E-state index contributed by atoms with van der Waals surface area (Å²) in [5.41, 5.74) is 1.77. The second-order valence-corrected chi connectivity index (χ2v) is 6.05. The van der Waals surface area contributed by atoms with Crippen LogP contribution in [0.3, 0.4) is 0 Å². The SMILES string of the molecule is O=C(NCc1nnc2ccccn12)c1[nH]c2ccc(Cl)cc2c1Cl. The second kappa shape index (κ2) is 5.81. The monoisotopic (exact) mass is 359 g/mol. The fraction of sp³-hybridized carbons (Fsp3) is 0.0625. The molecule has 0 aliphatic heterocycles. The Bertz CT molecular complexity index is 1070. The number of hydrogen-bond donors (Lipinski definition) is 2. The molecule has 1 aromatic carbocycles. The zero-order valence-corrected chi connectivity index (χ0v) is 13.8. The molecule has 3 heterocycles. The molecule has 0 spiro atoms. The standard InChI is InChI=1S/C16H11Cl2N5O/c17-9-4-5-11-10(7-9)14(18)15(20-11)16(24)19-8-13-22-21-12-3-1-2-6-23(12)13/h1-7,20H,8H2,(H,19,24). The Hall–Kier alpha value is -2.57. The lowest BCUT2D eigenvalue weighted by molar-refractivity contribution is 0.0946. The molecule has 0 aliphatic carbocycles. The van der Waals surface area contributed by atoms with Crippen LogP contribution in [0.25, 0.3) is 16.6 Å². The maximum absolute atomic E-state index is 12.4. The molecule has 0 unspecified atom stereocenters. The smallest absolute Gasteiger partial charge is 0.269 e. The Labute approximate surface area is 146 Å². The number of nitrogens with zero attached hydrogens (tertiary/aromatic N) is 3. The van der Waals surface area contributed by atoms with Crippen molar-refractivity contribution in [2.75, 3.05) is 0 Å². The fourth-order valence-corrected chi connectivity index (χ4v) is 3.01. The number of fused-ring (bicyclic) bond motifs is 2. The first kappa shape index (κ1) is 15.0. The number of nitrogens with one attached hydrogen (secondary N) is 2. The average molecular weight is 360 g/mol. The summed E-state index contributed by atoms with van der Waals surface area (Å²) in [4.78, 5) is 15.4. The van der Waals surface area contributed by atoms with Crippen LogP contribution < -0.4 is 5.32 Å². The number of hydrogen-bond acceptors (Lipinski definition) is 3. The molecule has 0 aliphatic rings. The minimum absolute atomic E-state index is 0.233. The number of amides is 1. The van der Waals surface area contributed by atoms with Gasteiger partial charge in [-0.05, 0) is 30.3 Å². The van der Waals surface area contributed by atoms with Crippen molar-refractivity contribution in [3.05, 3.63) is 64.2 Å². The summed E-state index contributed by atoms with van der Waals surface area (Å²) in [6.45, 7) is 0.233. The number of benzene rings is 1. The van der Waals surface area contributed by atoms with Crippen LogP contribution in [-0.2, 0) is 6.54 Å². The molecular formula is C16H11Cl2N5O. The minimum atomic E-state index is -0.319. The van der Waals surface area contributed by atoms with Crippen molar-refractivity contribution in [2.24, 2.45) is 0 Å². The molecule has 8 heteroatoms. The first-order valence-electron chi connectivity index (χ1n) is 7.17. The Morgan fingerprint density at radius 2 is 2.08 bits per heavy atom. The molecule has 6 nitrogen and oxygen atoms in total. The van der Waals surface area contributed by atoms with E-state index in [4.69, 9.17) is 23.2 Å². The van der Waals surface area contributed by atoms with Gasteiger partial charge in [0.1, 0.15) is 5.69 Å². The molecule has 2 N–H and O–H groups in total. The molecule has 4 aromatic rings. The highest BCUT2D eigenvalue weighted by atomic mass is 35.5. The van der Waals surface area contributed by atoms with Gasteiger partial charge in [0.2, 0.25) is 0 Å². The van der Waals surface area contributed by atoms with E-state index in [-0.39, 0.29) is 12.5 Å². The number of pyridine rings is 1. The third-order valence-corrected chi connectivity index (χ3v) is 4.34. The van der Waals surface area contributed by atoms with Crippen LogP contribution in [0.2, 0.25) is 10.0 Å². The van der Waals surface area contributed by atoms with E-state index in [1.165, 1.54) is 0 Å². The van der Waals surface area contributed by atoms with E-state index >= 15 is 0 Å². The van der Waals surface area contributed by atoms with Crippen molar-refractivity contribution < 1.29 is 4.79 Å². The fourth-order valence-electron chi connectivity index (χ4n) is 2.55. The van der Waals surface area contributed by atoms with Crippen LogP contribution in [-0.4, -0.2) is 25.5 Å². The van der Waals surface area contributed by atoms with Gasteiger partial charge in [0, 0.05) is 22.1 Å². The van der Waals surface area contributed by atoms with Gasteiger partial charge < -0.3 is 10.3 Å². The van der Waals surface area contributed by atoms with Gasteiger partial charge in [-0.2, -0.15) is 0 Å². The lowest BCUT2D eigenvalue weighted by Crippen LogP contribution is -2.24. The largest absolute Gasteiger partial charge is 0.349 e. The number of H-pyrrole nitrogens is 1. The van der Waals surface area contributed by atoms with Gasteiger partial charge >= 0.3 is 0 Å². The molecule has 0 fully saturated rings. The molecule has 0 bridgehead atoms. The summed E-state index contributed by atoms with van der Waals surface area (Å²) in [5, 5.41) is 12.5. The lowest BCUT2D eigenvalue weighted by atomic mass is 10.2. The quantitative estimate of drug-likeness (QED) is 0.588. The summed E-state index contributed by atoms with van der Waals surface area (Å²) in [6, 6.07) is 10.8. The number of halogens is 2. The molecule has 0 saturated carbocycles. The summed E-state index contributed by atoms with van der Waals surface area (Å²) >= 11 is 12.3. The van der Waals surface area contributed by atoms with Crippen LogP contribution in [0.1, 0.15) is 16.3 Å². The van der Waals surface area contributed by atoms with Crippen LogP contribution in [0.15, 0.2) is 42.6 Å². The molecule has 0 radical (unpaired) electrons. The minimum Gasteiger partial charge on any atom is -0.349 e. The van der Waals surface area contributed by atoms with Crippen LogP contribution >= 0.6 is 23.2 Å². The second-order valence-electron chi connectivity index (χ2n) is 5.23. The van der Waals surface area contributed by atoms with E-state index in [2.05, 4.69) is 20.5 Å². The van der Waals surface area contributed by atoms with Crippen molar-refractivity contribution in [3.63, 3.8) is 0 Å². The van der Waals surface area contributed by atoms with E-state index < -0.39 is 0 Å². The summed E-state index contributed by atoms with van der Waals surface area (Å²) in [5.74, 6) is 0.314. The zero-order chi connectivity index (χ0) is 16.7. The Kier molecular flexibility index (Phi) is 3.63. The predicted octanol–water partition coefficient (Wildman–Crippen LogP) is 3.45. The number of aromatic amines is 1. The molecule has 3 aromatic heterocycles. The molecular weight excluding hydrogens is 349 g/mol. The molecule has 0 saturated heterocycles. The highest BCUT2D eigenvalue weighted by molar-refractivity contribution is 6.39. The van der Waals surface area contributed by atoms with Crippen LogP contribution in [0, 0.1) is 0 Å². The van der Waals surface area contributed by atoms with Crippen molar-refractivity contribution in [1.82, 2.24) is 24.9 Å². The van der Waals surface area contributed by atoms with E-state index in [0.29, 0.717) is 26.9 Å². The van der Waals surface area contributed by atoms with Gasteiger partial charge in [-0.1, -0.05) is 29.3 Å². The number of carbonyl (C=O) groups is 1. The van der Waals surface area contributed by atoms with Crippen molar-refractivity contribution >= 4 is 45.7 Å². The molecule has 24 heavy (non-hydrogen) atoms. The molecule has 0 atom stereocenters. The maximum atomic E-state index is 12.4. The first-order valence-corrected chi connectivity index (χ1v) is 7.92. The number of rotatable bonds is 3. The third-order valence-electron chi connectivity index (χ3n) is 3.72. The van der Waals surface area contributed by atoms with Gasteiger partial charge in [-0.25, -0.2) is 0 Å². The third kappa shape index (κ3) is 2.50. The summed E-state index contributed by atoms with van der Waals surface area (Å²) in [7, 11) is 0. The topological polar surface area (TPSA) is 75.1 Å². The number of aromatic nitrogens is 4. The predicted molar refractivity (Wildman–Crippen MR) is 92.5 cm³/mol. The van der Waals surface area contributed by atoms with Gasteiger partial charge in [0.05, 0.1) is 11.6 Å². The van der Waals surface area contributed by atoms with Gasteiger partial charge in [0.25, 0.3) is 5.91 Å². The average Bonchev–Trinajstić information content (AvgIpc) is 3.14. The molecule has 120 valence electrons. The van der Waals surface area contributed by atoms with E-state index in [1.54, 1.807) is 18.2 Å². The Balaban J connectivity index is 1.59. The van der Waals surface area contributed by atoms with Crippen molar-refractivity contribution in [1.29, 1.82) is 0 Å². The number of carbonyl (C=O) groups excluding carboxylic acids is 1. The normalized spacial score (nSPS) is 11.2. The van der Waals surface area contributed by atoms with Gasteiger partial charge in [-0.15, -0.1) is 10.2 Å². The van der Waals surface area contributed by atoms with E-state index in [9.17, 15) is 4.79 Å². The maximum Gasteiger partial charge on any atom is 0.269 e. The van der Waals surface area contributed by atoms with Crippen molar-refractivity contribution in [3.8, 4) is 0 Å². The van der Waals surface area contributed by atoms with Gasteiger partial charge in [0.15, 0.2) is 11.5 Å². The van der Waals surface area contributed by atoms with E-state index in [1.807, 2.05) is 28.8 Å². The zero-order valence-electron chi connectivity index (χ0n) is 12.3. The Morgan fingerprint density at radius 3 is 2.96 bits per heavy atom. The van der Waals surface area contributed by atoms with E-state index in [0.717, 1.165) is 11.2 Å². The highest BCUT2D eigenvalue weighted by Crippen LogP contribution is 2.29. The highest BCUT2D eigenvalue weighted by Gasteiger charge is 2.17.